The van der Waals surface area contributed by atoms with Crippen molar-refractivity contribution in [1.82, 2.24) is 0 Å². The van der Waals surface area contributed by atoms with Crippen LogP contribution in [0.15, 0.2) is 0 Å². The molecule has 0 radical (unpaired) electrons. The highest BCUT2D eigenvalue weighted by molar-refractivity contribution is 4.97. The van der Waals surface area contributed by atoms with Crippen LogP contribution in [0.4, 0.5) is 0 Å². The third kappa shape index (κ3) is 1.52. The maximum Gasteiger partial charge on any atom is 0.0675 e. The van der Waals surface area contributed by atoms with E-state index in [1.807, 2.05) is 6.92 Å². The first-order valence-corrected chi connectivity index (χ1v) is 5.52. The summed E-state index contributed by atoms with van der Waals surface area (Å²) in [5.41, 5.74) is -0.481. The van der Waals surface area contributed by atoms with Crippen molar-refractivity contribution in [3.63, 3.8) is 0 Å². The summed E-state index contributed by atoms with van der Waals surface area (Å²) in [5, 5.41) is 10.4. The molecule has 0 bridgehead atoms. The van der Waals surface area contributed by atoms with Crippen molar-refractivity contribution in [2.24, 2.45) is 29.6 Å². The first-order chi connectivity index (χ1) is 5.80. The molecule has 1 aliphatic rings. The quantitative estimate of drug-likeness (QED) is 0.613. The van der Waals surface area contributed by atoms with Crippen molar-refractivity contribution in [3.05, 3.63) is 0 Å². The molecule has 4 atom stereocenters. The van der Waals surface area contributed by atoms with Gasteiger partial charge < -0.3 is 5.11 Å². The summed E-state index contributed by atoms with van der Waals surface area (Å²) < 4.78 is 0. The van der Waals surface area contributed by atoms with Crippen molar-refractivity contribution < 1.29 is 5.11 Å². The third-order valence-corrected chi connectivity index (χ3v) is 5.08. The van der Waals surface area contributed by atoms with Crippen LogP contribution in [-0.4, -0.2) is 10.7 Å². The van der Waals surface area contributed by atoms with Gasteiger partial charge in [0.05, 0.1) is 5.60 Å². The van der Waals surface area contributed by atoms with Gasteiger partial charge in [-0.05, 0) is 36.5 Å². The molecule has 0 aromatic carbocycles. The first kappa shape index (κ1) is 11.0. The lowest BCUT2D eigenvalue weighted by Gasteiger charge is -2.51. The highest BCUT2D eigenvalue weighted by Gasteiger charge is 2.47. The molecular formula is C12H24O. The highest BCUT2D eigenvalue weighted by atomic mass is 16.3. The molecular weight excluding hydrogens is 160 g/mol. The Bertz CT molecular complexity index is 168. The molecule has 78 valence electrons. The molecule has 0 amide bonds. The molecule has 1 aliphatic carbocycles. The molecule has 0 heterocycles. The predicted molar refractivity (Wildman–Crippen MR) is 56.4 cm³/mol. The molecule has 0 spiro atoms. The van der Waals surface area contributed by atoms with Crippen molar-refractivity contribution in [2.75, 3.05) is 0 Å². The Balaban J connectivity index is 2.93. The summed E-state index contributed by atoms with van der Waals surface area (Å²) in [5.74, 6) is 2.80. The second kappa shape index (κ2) is 3.27. The maximum atomic E-state index is 10.4. The van der Waals surface area contributed by atoms with E-state index in [4.69, 9.17) is 0 Å². The lowest BCUT2D eigenvalue weighted by atomic mass is 9.57. The van der Waals surface area contributed by atoms with Gasteiger partial charge in [-0.3, -0.25) is 0 Å². The van der Waals surface area contributed by atoms with E-state index < -0.39 is 5.60 Å². The fraction of sp³-hybridized carbons (Fsp3) is 1.00. The standard InChI is InChI=1S/C12H24O/c1-7-8(2)10(4)12(6,13)11(5)9(7)3/h7-11,13H,1-6H3. The van der Waals surface area contributed by atoms with Crippen LogP contribution < -0.4 is 0 Å². The molecule has 0 aromatic heterocycles. The summed E-state index contributed by atoms with van der Waals surface area (Å²) in [6, 6.07) is 0. The van der Waals surface area contributed by atoms with Crippen LogP contribution in [0.25, 0.3) is 0 Å². The van der Waals surface area contributed by atoms with Crippen molar-refractivity contribution in [2.45, 2.75) is 47.1 Å². The van der Waals surface area contributed by atoms with E-state index in [1.165, 1.54) is 0 Å². The monoisotopic (exact) mass is 184 g/mol. The number of hydrogen-bond acceptors (Lipinski definition) is 1. The molecule has 4 unspecified atom stereocenters. The van der Waals surface area contributed by atoms with Crippen LogP contribution in [0.3, 0.4) is 0 Å². The number of hydrogen-bond donors (Lipinski definition) is 1. The van der Waals surface area contributed by atoms with Gasteiger partial charge in [0.1, 0.15) is 0 Å². The zero-order valence-corrected chi connectivity index (χ0v) is 9.83. The average molecular weight is 184 g/mol. The van der Waals surface area contributed by atoms with Crippen molar-refractivity contribution >= 4 is 0 Å². The van der Waals surface area contributed by atoms with E-state index in [0.29, 0.717) is 23.7 Å². The Kier molecular flexibility index (Phi) is 2.78. The predicted octanol–water partition coefficient (Wildman–Crippen LogP) is 2.93. The van der Waals surface area contributed by atoms with Crippen molar-refractivity contribution in [3.8, 4) is 0 Å². The normalized spacial score (nSPS) is 57.9. The highest BCUT2D eigenvalue weighted by Crippen LogP contribution is 2.47. The van der Waals surface area contributed by atoms with E-state index in [2.05, 4.69) is 34.6 Å². The van der Waals surface area contributed by atoms with Crippen LogP contribution in [0.1, 0.15) is 41.5 Å². The van der Waals surface area contributed by atoms with Gasteiger partial charge in [-0.2, -0.15) is 0 Å². The SMILES string of the molecule is CC1C(C)C(C)C(C)(O)C(C)C1C. The van der Waals surface area contributed by atoms with Crippen LogP contribution >= 0.6 is 0 Å². The molecule has 1 N–H and O–H groups in total. The minimum atomic E-state index is -0.481. The van der Waals surface area contributed by atoms with Gasteiger partial charge in [0, 0.05) is 0 Å². The van der Waals surface area contributed by atoms with E-state index in [-0.39, 0.29) is 0 Å². The summed E-state index contributed by atoms with van der Waals surface area (Å²) in [6.45, 7) is 13.2. The van der Waals surface area contributed by atoms with Crippen LogP contribution in [0, 0.1) is 29.6 Å². The topological polar surface area (TPSA) is 20.2 Å². The van der Waals surface area contributed by atoms with Gasteiger partial charge in [0.2, 0.25) is 0 Å². The third-order valence-electron chi connectivity index (χ3n) is 5.08. The molecule has 0 saturated heterocycles. The van der Waals surface area contributed by atoms with E-state index >= 15 is 0 Å². The van der Waals surface area contributed by atoms with E-state index in [0.717, 1.165) is 5.92 Å². The molecule has 1 fully saturated rings. The van der Waals surface area contributed by atoms with Crippen LogP contribution in [0.2, 0.25) is 0 Å². The summed E-state index contributed by atoms with van der Waals surface area (Å²) in [4.78, 5) is 0. The molecule has 1 heteroatoms. The molecule has 1 saturated carbocycles. The Morgan fingerprint density at radius 3 is 1.38 bits per heavy atom. The van der Waals surface area contributed by atoms with Crippen molar-refractivity contribution in [1.29, 1.82) is 0 Å². The fourth-order valence-electron chi connectivity index (χ4n) is 2.87. The Morgan fingerprint density at radius 1 is 0.769 bits per heavy atom. The van der Waals surface area contributed by atoms with Gasteiger partial charge in [0.15, 0.2) is 0 Å². The number of rotatable bonds is 0. The van der Waals surface area contributed by atoms with Gasteiger partial charge >= 0.3 is 0 Å². The average Bonchev–Trinajstić information content (AvgIpc) is 2.09. The van der Waals surface area contributed by atoms with Gasteiger partial charge in [0.25, 0.3) is 0 Å². The van der Waals surface area contributed by atoms with Gasteiger partial charge in [-0.1, -0.05) is 34.6 Å². The lowest BCUT2D eigenvalue weighted by molar-refractivity contribution is -0.129. The zero-order valence-electron chi connectivity index (χ0n) is 9.83. The van der Waals surface area contributed by atoms with Crippen LogP contribution in [0.5, 0.6) is 0 Å². The van der Waals surface area contributed by atoms with Crippen LogP contribution in [-0.2, 0) is 0 Å². The molecule has 1 nitrogen and oxygen atoms in total. The summed E-state index contributed by atoms with van der Waals surface area (Å²) in [6.07, 6.45) is 0. The molecule has 13 heavy (non-hydrogen) atoms. The largest absolute Gasteiger partial charge is 0.390 e. The first-order valence-electron chi connectivity index (χ1n) is 5.52. The molecule has 0 aromatic rings. The van der Waals surface area contributed by atoms with E-state index in [1.54, 1.807) is 0 Å². The number of aliphatic hydroxyl groups is 1. The van der Waals surface area contributed by atoms with E-state index in [9.17, 15) is 5.11 Å². The Hall–Kier alpha value is -0.0400. The minimum absolute atomic E-state index is 0.411. The molecule has 1 rings (SSSR count). The second-order valence-electron chi connectivity index (χ2n) is 5.38. The smallest absolute Gasteiger partial charge is 0.0675 e. The molecule has 0 aliphatic heterocycles. The zero-order chi connectivity index (χ0) is 10.4. The summed E-state index contributed by atoms with van der Waals surface area (Å²) in [7, 11) is 0. The Labute approximate surface area is 82.5 Å². The van der Waals surface area contributed by atoms with Gasteiger partial charge in [-0.15, -0.1) is 0 Å². The lowest BCUT2D eigenvalue weighted by Crippen LogP contribution is -2.52. The minimum Gasteiger partial charge on any atom is -0.390 e. The second-order valence-corrected chi connectivity index (χ2v) is 5.38. The summed E-state index contributed by atoms with van der Waals surface area (Å²) >= 11 is 0. The maximum absolute atomic E-state index is 10.4. The van der Waals surface area contributed by atoms with Gasteiger partial charge in [-0.25, -0.2) is 0 Å². The fourth-order valence-corrected chi connectivity index (χ4v) is 2.87. The Morgan fingerprint density at radius 2 is 1.08 bits per heavy atom.